The summed E-state index contributed by atoms with van der Waals surface area (Å²) in [4.78, 5) is 40.9. The largest absolute Gasteiger partial charge is 0.338 e. The SMILES string of the molecule is CN1CC(=O)N2CCN(C(=O)Cc3ccc(F)c(F)c3)CC2C1=O. The lowest BCUT2D eigenvalue weighted by molar-refractivity contribution is -0.160. The van der Waals surface area contributed by atoms with Crippen molar-refractivity contribution in [2.75, 3.05) is 33.2 Å². The number of fused-ring (bicyclic) bond motifs is 1. The van der Waals surface area contributed by atoms with E-state index in [9.17, 15) is 23.2 Å². The molecule has 3 amide bonds. The van der Waals surface area contributed by atoms with Crippen LogP contribution in [-0.4, -0.2) is 71.7 Å². The first kappa shape index (κ1) is 16.4. The number of nitrogens with zero attached hydrogens (tertiary/aromatic N) is 3. The Morgan fingerprint density at radius 1 is 1.21 bits per heavy atom. The van der Waals surface area contributed by atoms with E-state index in [0.29, 0.717) is 18.7 Å². The average molecular weight is 337 g/mol. The molecular weight excluding hydrogens is 320 g/mol. The summed E-state index contributed by atoms with van der Waals surface area (Å²) in [6.07, 6.45) is -0.0815. The Bertz CT molecular complexity index is 710. The number of carbonyl (C=O) groups is 3. The van der Waals surface area contributed by atoms with E-state index >= 15 is 0 Å². The molecule has 1 aromatic carbocycles. The Hall–Kier alpha value is -2.51. The minimum Gasteiger partial charge on any atom is -0.338 e. The summed E-state index contributed by atoms with van der Waals surface area (Å²) in [6, 6.07) is 2.66. The molecule has 128 valence electrons. The number of halogens is 2. The highest BCUT2D eigenvalue weighted by atomic mass is 19.2. The zero-order chi connectivity index (χ0) is 17.4. The van der Waals surface area contributed by atoms with E-state index in [2.05, 4.69) is 0 Å². The molecule has 0 aliphatic carbocycles. The Kier molecular flexibility index (Phi) is 4.21. The van der Waals surface area contributed by atoms with Crippen LogP contribution in [0, 0.1) is 11.6 Å². The van der Waals surface area contributed by atoms with Crippen molar-refractivity contribution in [2.45, 2.75) is 12.5 Å². The minimum atomic E-state index is -1.00. The molecule has 8 heteroatoms. The molecule has 0 spiro atoms. The zero-order valence-corrected chi connectivity index (χ0v) is 13.2. The van der Waals surface area contributed by atoms with E-state index in [4.69, 9.17) is 0 Å². The fourth-order valence-electron chi connectivity index (χ4n) is 3.08. The first-order chi connectivity index (χ1) is 11.4. The fraction of sp³-hybridized carbons (Fsp3) is 0.438. The molecule has 0 N–H and O–H groups in total. The summed E-state index contributed by atoms with van der Waals surface area (Å²) >= 11 is 0. The Balaban J connectivity index is 1.69. The molecule has 1 unspecified atom stereocenters. The van der Waals surface area contributed by atoms with Gasteiger partial charge in [0.05, 0.1) is 19.5 Å². The van der Waals surface area contributed by atoms with Gasteiger partial charge in [-0.2, -0.15) is 0 Å². The minimum absolute atomic E-state index is 0.0537. The van der Waals surface area contributed by atoms with Gasteiger partial charge in [0, 0.05) is 20.1 Å². The van der Waals surface area contributed by atoms with Gasteiger partial charge in [-0.25, -0.2) is 8.78 Å². The molecule has 2 fully saturated rings. The van der Waals surface area contributed by atoms with E-state index in [1.54, 1.807) is 7.05 Å². The first-order valence-corrected chi connectivity index (χ1v) is 7.63. The number of hydrogen-bond donors (Lipinski definition) is 0. The van der Waals surface area contributed by atoms with Gasteiger partial charge < -0.3 is 14.7 Å². The van der Waals surface area contributed by atoms with Crippen LogP contribution >= 0.6 is 0 Å². The van der Waals surface area contributed by atoms with Crippen LogP contribution in [0.5, 0.6) is 0 Å². The molecule has 0 saturated carbocycles. The van der Waals surface area contributed by atoms with Crippen LogP contribution < -0.4 is 0 Å². The van der Waals surface area contributed by atoms with Crippen molar-refractivity contribution in [1.82, 2.24) is 14.7 Å². The second-order valence-corrected chi connectivity index (χ2v) is 6.06. The third-order valence-corrected chi connectivity index (χ3v) is 4.43. The molecule has 1 atom stereocenters. The molecule has 6 nitrogen and oxygen atoms in total. The lowest BCUT2D eigenvalue weighted by Crippen LogP contribution is -2.66. The second kappa shape index (κ2) is 6.18. The average Bonchev–Trinajstić information content (AvgIpc) is 2.55. The van der Waals surface area contributed by atoms with Crippen LogP contribution in [0.15, 0.2) is 18.2 Å². The van der Waals surface area contributed by atoms with Gasteiger partial charge in [0.25, 0.3) is 0 Å². The van der Waals surface area contributed by atoms with Crippen LogP contribution in [0.25, 0.3) is 0 Å². The Morgan fingerprint density at radius 3 is 2.67 bits per heavy atom. The molecular formula is C16H17F2N3O3. The molecule has 0 radical (unpaired) electrons. The molecule has 1 aromatic rings. The van der Waals surface area contributed by atoms with Gasteiger partial charge in [-0.1, -0.05) is 6.07 Å². The van der Waals surface area contributed by atoms with Crippen molar-refractivity contribution in [3.63, 3.8) is 0 Å². The van der Waals surface area contributed by atoms with Gasteiger partial charge in [0.1, 0.15) is 6.04 Å². The molecule has 0 aromatic heterocycles. The summed E-state index contributed by atoms with van der Waals surface area (Å²) in [5.41, 5.74) is 0.365. The third-order valence-electron chi connectivity index (χ3n) is 4.43. The summed E-state index contributed by atoms with van der Waals surface area (Å²) in [6.45, 7) is 0.796. The van der Waals surface area contributed by atoms with Crippen molar-refractivity contribution in [2.24, 2.45) is 0 Å². The van der Waals surface area contributed by atoms with Gasteiger partial charge in [-0.15, -0.1) is 0 Å². The standard InChI is InChI=1S/C16H17F2N3O3/c1-19-9-15(23)21-5-4-20(8-13(21)16(19)24)14(22)7-10-2-3-11(17)12(18)6-10/h2-3,6,13H,4-5,7-9H2,1H3. The summed E-state index contributed by atoms with van der Waals surface area (Å²) in [5, 5.41) is 0. The molecule has 0 bridgehead atoms. The van der Waals surface area contributed by atoms with Crippen molar-refractivity contribution < 1.29 is 23.2 Å². The number of hydrogen-bond acceptors (Lipinski definition) is 3. The number of benzene rings is 1. The summed E-state index contributed by atoms with van der Waals surface area (Å²) < 4.78 is 26.2. The second-order valence-electron chi connectivity index (χ2n) is 6.06. The molecule has 2 aliphatic rings. The maximum absolute atomic E-state index is 13.2. The van der Waals surface area contributed by atoms with E-state index in [-0.39, 0.29) is 37.2 Å². The lowest BCUT2D eigenvalue weighted by atomic mass is 10.1. The smallest absolute Gasteiger partial charge is 0.247 e. The van der Waals surface area contributed by atoms with Gasteiger partial charge >= 0.3 is 0 Å². The normalized spacial score (nSPS) is 21.1. The van der Waals surface area contributed by atoms with E-state index in [1.807, 2.05) is 0 Å². The Labute approximate surface area is 137 Å². The molecule has 24 heavy (non-hydrogen) atoms. The maximum atomic E-state index is 13.2. The first-order valence-electron chi connectivity index (χ1n) is 7.63. The van der Waals surface area contributed by atoms with E-state index in [1.165, 1.54) is 20.8 Å². The predicted octanol–water partition coefficient (Wildman–Crippen LogP) is 0.0187. The van der Waals surface area contributed by atoms with Gasteiger partial charge in [0.15, 0.2) is 11.6 Å². The molecule has 2 aliphatic heterocycles. The molecule has 3 rings (SSSR count). The maximum Gasteiger partial charge on any atom is 0.247 e. The van der Waals surface area contributed by atoms with Crippen LogP contribution in [0.2, 0.25) is 0 Å². The lowest BCUT2D eigenvalue weighted by Gasteiger charge is -2.45. The highest BCUT2D eigenvalue weighted by Gasteiger charge is 2.42. The van der Waals surface area contributed by atoms with Crippen molar-refractivity contribution in [1.29, 1.82) is 0 Å². The number of likely N-dealkylation sites (N-methyl/N-ethyl adjacent to an activating group) is 1. The number of rotatable bonds is 2. The number of piperazine rings is 2. The predicted molar refractivity (Wildman–Crippen MR) is 79.8 cm³/mol. The quantitative estimate of drug-likeness (QED) is 0.764. The topological polar surface area (TPSA) is 60.9 Å². The summed E-state index contributed by atoms with van der Waals surface area (Å²) in [5.74, 6) is -2.57. The van der Waals surface area contributed by atoms with Crippen LogP contribution in [0.4, 0.5) is 8.78 Å². The van der Waals surface area contributed by atoms with Gasteiger partial charge in [-0.3, -0.25) is 14.4 Å². The van der Waals surface area contributed by atoms with Crippen molar-refractivity contribution in [3.8, 4) is 0 Å². The summed E-state index contributed by atoms with van der Waals surface area (Å²) in [7, 11) is 1.56. The van der Waals surface area contributed by atoms with Gasteiger partial charge in [0.2, 0.25) is 17.7 Å². The monoisotopic (exact) mass is 337 g/mol. The fourth-order valence-corrected chi connectivity index (χ4v) is 3.08. The number of amides is 3. The van der Waals surface area contributed by atoms with Crippen LogP contribution in [0.3, 0.4) is 0 Å². The van der Waals surface area contributed by atoms with Crippen LogP contribution in [-0.2, 0) is 20.8 Å². The highest BCUT2D eigenvalue weighted by molar-refractivity contribution is 5.95. The van der Waals surface area contributed by atoms with E-state index < -0.39 is 17.7 Å². The molecule has 2 heterocycles. The van der Waals surface area contributed by atoms with Crippen molar-refractivity contribution in [3.05, 3.63) is 35.4 Å². The Morgan fingerprint density at radius 2 is 1.96 bits per heavy atom. The molecule has 2 saturated heterocycles. The zero-order valence-electron chi connectivity index (χ0n) is 13.2. The van der Waals surface area contributed by atoms with E-state index in [0.717, 1.165) is 12.1 Å². The van der Waals surface area contributed by atoms with Gasteiger partial charge in [-0.05, 0) is 17.7 Å². The van der Waals surface area contributed by atoms with Crippen LogP contribution in [0.1, 0.15) is 5.56 Å². The van der Waals surface area contributed by atoms with Crippen molar-refractivity contribution >= 4 is 17.7 Å². The number of carbonyl (C=O) groups excluding carboxylic acids is 3. The third kappa shape index (κ3) is 2.95. The highest BCUT2D eigenvalue weighted by Crippen LogP contribution is 2.18.